The number of benzene rings is 1. The van der Waals surface area contributed by atoms with Gasteiger partial charge in [-0.15, -0.1) is 0 Å². The fraction of sp³-hybridized carbons (Fsp3) is 0.250. The van der Waals surface area contributed by atoms with E-state index in [2.05, 4.69) is 29.6 Å². The highest BCUT2D eigenvalue weighted by Gasteiger charge is 2.17. The number of aromatic nitrogens is 2. The summed E-state index contributed by atoms with van der Waals surface area (Å²) in [5, 5.41) is 3.93. The summed E-state index contributed by atoms with van der Waals surface area (Å²) >= 11 is 0. The largest absolute Gasteiger partial charge is 0.303 e. The van der Waals surface area contributed by atoms with Crippen LogP contribution in [0, 0.1) is 13.8 Å². The third-order valence-electron chi connectivity index (χ3n) is 3.98. The Bertz CT molecular complexity index is 923. The molecular formula is C20H22N4O. The average molecular weight is 334 g/mol. The van der Waals surface area contributed by atoms with Crippen LogP contribution in [0.5, 0.6) is 0 Å². The van der Waals surface area contributed by atoms with Crippen LogP contribution in [-0.4, -0.2) is 21.5 Å². The van der Waals surface area contributed by atoms with Crippen LogP contribution in [0.1, 0.15) is 30.2 Å². The fourth-order valence-electron chi connectivity index (χ4n) is 2.71. The molecule has 0 saturated carbocycles. The molecule has 5 nitrogen and oxygen atoms in total. The number of nitrogens with one attached hydrogen (secondary N) is 1. The first-order chi connectivity index (χ1) is 12.1. The van der Waals surface area contributed by atoms with Crippen LogP contribution in [0.4, 0.5) is 0 Å². The fourth-order valence-corrected chi connectivity index (χ4v) is 2.71. The minimum atomic E-state index is -0.152. The van der Waals surface area contributed by atoms with Crippen molar-refractivity contribution >= 4 is 17.8 Å². The van der Waals surface area contributed by atoms with Crippen molar-refractivity contribution in [3.63, 3.8) is 0 Å². The van der Waals surface area contributed by atoms with Gasteiger partial charge in [-0.2, -0.15) is 5.10 Å². The third-order valence-corrected chi connectivity index (χ3v) is 3.98. The summed E-state index contributed by atoms with van der Waals surface area (Å²) in [4.78, 5) is 17.0. The molecule has 0 atom stereocenters. The minimum absolute atomic E-state index is 0.152. The molecule has 0 fully saturated rings. The van der Waals surface area contributed by atoms with Crippen LogP contribution in [0.2, 0.25) is 0 Å². The topological polar surface area (TPSA) is 58.8 Å². The zero-order chi connectivity index (χ0) is 17.8. The monoisotopic (exact) mass is 334 g/mol. The number of aryl methyl sites for hydroxylation is 2. The second-order valence-electron chi connectivity index (χ2n) is 6.14. The second-order valence-corrected chi connectivity index (χ2v) is 6.14. The molecule has 0 aliphatic heterocycles. The molecule has 1 aromatic carbocycles. The molecule has 5 heteroatoms. The lowest BCUT2D eigenvalue weighted by Gasteiger charge is -2.06. The number of hydrogen-bond acceptors (Lipinski definition) is 3. The van der Waals surface area contributed by atoms with Crippen molar-refractivity contribution in [3.8, 4) is 11.3 Å². The van der Waals surface area contributed by atoms with Crippen LogP contribution in [-0.2, 0) is 11.2 Å². The number of pyridine rings is 1. The Balaban J connectivity index is 2.05. The Morgan fingerprint density at radius 1 is 1.16 bits per heavy atom. The molecule has 2 aromatic heterocycles. The van der Waals surface area contributed by atoms with Gasteiger partial charge in [-0.3, -0.25) is 4.79 Å². The number of carbonyl (C=O) groups is 1. The Morgan fingerprint density at radius 3 is 2.60 bits per heavy atom. The van der Waals surface area contributed by atoms with Crippen LogP contribution >= 0.6 is 0 Å². The van der Waals surface area contributed by atoms with Gasteiger partial charge in [0, 0.05) is 18.0 Å². The predicted molar refractivity (Wildman–Crippen MR) is 101 cm³/mol. The molecule has 1 amide bonds. The lowest BCUT2D eigenvalue weighted by atomic mass is 10.1. The molecule has 3 aromatic rings. The van der Waals surface area contributed by atoms with Gasteiger partial charge in [-0.1, -0.05) is 42.8 Å². The van der Waals surface area contributed by atoms with E-state index in [4.69, 9.17) is 4.98 Å². The molecule has 0 unspecified atom stereocenters. The van der Waals surface area contributed by atoms with Crippen molar-refractivity contribution in [2.45, 2.75) is 33.6 Å². The van der Waals surface area contributed by atoms with Crippen molar-refractivity contribution in [1.29, 1.82) is 0 Å². The lowest BCUT2D eigenvalue weighted by Crippen LogP contribution is -2.20. The second kappa shape index (κ2) is 7.30. The Kier molecular flexibility index (Phi) is 4.93. The normalized spacial score (nSPS) is 11.3. The van der Waals surface area contributed by atoms with Crippen LogP contribution in [0.3, 0.4) is 0 Å². The molecule has 128 valence electrons. The van der Waals surface area contributed by atoms with Crippen LogP contribution < -0.4 is 5.43 Å². The maximum atomic E-state index is 12.3. The number of rotatable bonds is 5. The number of hydrazone groups is 1. The van der Waals surface area contributed by atoms with Crippen molar-refractivity contribution in [3.05, 3.63) is 59.4 Å². The highest BCUT2D eigenvalue weighted by Crippen LogP contribution is 2.25. The Labute approximate surface area is 147 Å². The summed E-state index contributed by atoms with van der Waals surface area (Å²) in [6, 6.07) is 12.2. The van der Waals surface area contributed by atoms with E-state index in [1.54, 1.807) is 6.21 Å². The molecule has 3 rings (SSSR count). The van der Waals surface area contributed by atoms with E-state index in [1.165, 1.54) is 5.56 Å². The summed E-state index contributed by atoms with van der Waals surface area (Å²) in [7, 11) is 0. The first kappa shape index (κ1) is 16.9. The van der Waals surface area contributed by atoms with E-state index < -0.39 is 0 Å². The molecule has 0 bridgehead atoms. The first-order valence-electron chi connectivity index (χ1n) is 8.43. The SMILES string of the molecule is CCC=NNC(=O)Cc1c(-c2ccc(C)cc2)nc2ccc(C)cn12. The Hall–Kier alpha value is -2.95. The van der Waals surface area contributed by atoms with Crippen molar-refractivity contribution in [1.82, 2.24) is 14.8 Å². The van der Waals surface area contributed by atoms with Crippen LogP contribution in [0.15, 0.2) is 47.7 Å². The summed E-state index contributed by atoms with van der Waals surface area (Å²) in [5.41, 5.74) is 8.43. The molecule has 0 spiro atoms. The van der Waals surface area contributed by atoms with Crippen molar-refractivity contribution in [2.75, 3.05) is 0 Å². The maximum absolute atomic E-state index is 12.3. The summed E-state index contributed by atoms with van der Waals surface area (Å²) < 4.78 is 1.99. The lowest BCUT2D eigenvalue weighted by molar-refractivity contribution is -0.120. The minimum Gasteiger partial charge on any atom is -0.303 e. The standard InChI is InChI=1S/C20H22N4O/c1-4-11-21-23-19(25)12-17-20(16-8-5-14(2)6-9-16)22-18-10-7-15(3)13-24(17)18/h5-11,13H,4,12H2,1-3H3,(H,23,25). The number of nitrogens with zero attached hydrogens (tertiary/aromatic N) is 3. The van der Waals surface area contributed by atoms with Gasteiger partial charge >= 0.3 is 0 Å². The van der Waals surface area contributed by atoms with Crippen LogP contribution in [0.25, 0.3) is 16.9 Å². The van der Waals surface area contributed by atoms with Gasteiger partial charge in [-0.25, -0.2) is 10.4 Å². The third kappa shape index (κ3) is 3.76. The highest BCUT2D eigenvalue weighted by atomic mass is 16.2. The molecule has 2 heterocycles. The zero-order valence-corrected chi connectivity index (χ0v) is 14.8. The highest BCUT2D eigenvalue weighted by molar-refractivity contribution is 5.82. The van der Waals surface area contributed by atoms with Crippen molar-refractivity contribution in [2.24, 2.45) is 5.10 Å². The zero-order valence-electron chi connectivity index (χ0n) is 14.8. The summed E-state index contributed by atoms with van der Waals surface area (Å²) in [6.45, 7) is 6.05. The van der Waals surface area contributed by atoms with E-state index in [0.29, 0.717) is 0 Å². The smallest absolute Gasteiger partial charge is 0.246 e. The molecule has 0 radical (unpaired) electrons. The van der Waals surface area contributed by atoms with E-state index in [-0.39, 0.29) is 12.3 Å². The van der Waals surface area contributed by atoms with E-state index in [0.717, 1.165) is 34.6 Å². The molecule has 0 saturated heterocycles. The molecule has 1 N–H and O–H groups in total. The predicted octanol–water partition coefficient (Wildman–Crippen LogP) is 3.67. The Morgan fingerprint density at radius 2 is 1.88 bits per heavy atom. The quantitative estimate of drug-likeness (QED) is 0.572. The van der Waals surface area contributed by atoms with Gasteiger partial charge < -0.3 is 4.40 Å². The van der Waals surface area contributed by atoms with Gasteiger partial charge in [0.1, 0.15) is 5.65 Å². The molecular weight excluding hydrogens is 312 g/mol. The van der Waals surface area contributed by atoms with E-state index in [1.807, 2.05) is 48.7 Å². The maximum Gasteiger partial charge on any atom is 0.246 e. The number of amides is 1. The molecule has 0 aliphatic carbocycles. The van der Waals surface area contributed by atoms with Gasteiger partial charge in [0.05, 0.1) is 17.8 Å². The van der Waals surface area contributed by atoms with Crippen molar-refractivity contribution < 1.29 is 4.79 Å². The number of carbonyl (C=O) groups excluding carboxylic acids is 1. The van der Waals surface area contributed by atoms with Gasteiger partial charge in [0.2, 0.25) is 5.91 Å². The summed E-state index contributed by atoms with van der Waals surface area (Å²) in [6.07, 6.45) is 4.69. The molecule has 0 aliphatic rings. The van der Waals surface area contributed by atoms with E-state index in [9.17, 15) is 4.79 Å². The average Bonchev–Trinajstić information content (AvgIpc) is 2.94. The first-order valence-corrected chi connectivity index (χ1v) is 8.43. The van der Waals surface area contributed by atoms with Gasteiger partial charge in [0.15, 0.2) is 0 Å². The van der Waals surface area contributed by atoms with E-state index >= 15 is 0 Å². The summed E-state index contributed by atoms with van der Waals surface area (Å²) in [5.74, 6) is -0.152. The van der Waals surface area contributed by atoms with Gasteiger partial charge in [-0.05, 0) is 31.9 Å². The number of hydrogen-bond donors (Lipinski definition) is 1. The molecule has 25 heavy (non-hydrogen) atoms. The number of imidazole rings is 1. The van der Waals surface area contributed by atoms with Gasteiger partial charge in [0.25, 0.3) is 0 Å². The number of fused-ring (bicyclic) bond motifs is 1.